The summed E-state index contributed by atoms with van der Waals surface area (Å²) in [6.07, 6.45) is 5.91. The predicted molar refractivity (Wildman–Crippen MR) is 63.7 cm³/mol. The van der Waals surface area contributed by atoms with Gasteiger partial charge in [0.2, 0.25) is 0 Å². The summed E-state index contributed by atoms with van der Waals surface area (Å²) in [6.45, 7) is 2.06. The quantitative estimate of drug-likeness (QED) is 0.458. The molecule has 0 aromatic heterocycles. The van der Waals surface area contributed by atoms with E-state index >= 15 is 0 Å². The zero-order chi connectivity index (χ0) is 9.14. The second-order valence-corrected chi connectivity index (χ2v) is 4.25. The van der Waals surface area contributed by atoms with Crippen LogP contribution in [0.3, 0.4) is 0 Å². The third-order valence-electron chi connectivity index (χ3n) is 1.68. The van der Waals surface area contributed by atoms with E-state index in [1.54, 1.807) is 0 Å². The van der Waals surface area contributed by atoms with E-state index in [1.165, 1.54) is 9.13 Å². The summed E-state index contributed by atoms with van der Waals surface area (Å²) in [6, 6.07) is 4.13. The Hall–Kier alpha value is -0.140. The topological polar surface area (TPSA) is 0 Å². The first kappa shape index (κ1) is 9.94. The van der Waals surface area contributed by atoms with Gasteiger partial charge in [-0.2, -0.15) is 0 Å². The smallest absolute Gasteiger partial charge is 0.0338 e. The van der Waals surface area contributed by atoms with Crippen molar-refractivity contribution < 1.29 is 0 Å². The number of halogens is 1. The minimum atomic E-state index is 0.684. The molecule has 0 fully saturated rings. The van der Waals surface area contributed by atoms with E-state index in [-0.39, 0.29) is 0 Å². The van der Waals surface area contributed by atoms with Gasteiger partial charge in [-0.05, 0) is 52.8 Å². The minimum Gasteiger partial charge on any atom is -0.143 e. The van der Waals surface area contributed by atoms with Crippen molar-refractivity contribution in [2.75, 3.05) is 0 Å². The van der Waals surface area contributed by atoms with Gasteiger partial charge in [0.05, 0.1) is 0 Å². The number of hydrogen-bond acceptors (Lipinski definition) is 1. The summed E-state index contributed by atoms with van der Waals surface area (Å²) < 4.78 is 1.23. The molecule has 0 saturated carbocycles. The highest BCUT2D eigenvalue weighted by Crippen LogP contribution is 2.21. The van der Waals surface area contributed by atoms with Crippen LogP contribution in [-0.4, -0.2) is 0 Å². The number of hydrogen-bond donors (Lipinski definition) is 1. The van der Waals surface area contributed by atoms with Gasteiger partial charge in [0.25, 0.3) is 0 Å². The molecule has 0 aliphatic heterocycles. The zero-order valence-corrected chi connectivity index (χ0v) is 9.82. The first-order chi connectivity index (χ1) is 5.65. The Balaban J connectivity index is 3.14. The van der Waals surface area contributed by atoms with Gasteiger partial charge >= 0.3 is 0 Å². The Morgan fingerprint density at radius 2 is 2.25 bits per heavy atom. The van der Waals surface area contributed by atoms with Crippen LogP contribution in [0, 0.1) is 22.8 Å². The molecule has 0 unspecified atom stereocenters. The van der Waals surface area contributed by atoms with Gasteiger partial charge in [-0.1, -0.05) is 0 Å². The maximum Gasteiger partial charge on any atom is 0.0338 e. The molecule has 12 heavy (non-hydrogen) atoms. The van der Waals surface area contributed by atoms with Crippen molar-refractivity contribution in [2.45, 2.75) is 18.2 Å². The molecule has 0 spiro atoms. The summed E-state index contributed by atoms with van der Waals surface area (Å²) in [5.74, 6) is 2.62. The summed E-state index contributed by atoms with van der Waals surface area (Å²) >= 11 is 6.65. The Morgan fingerprint density at radius 1 is 1.58 bits per heavy atom. The van der Waals surface area contributed by atoms with Gasteiger partial charge in [0, 0.05) is 14.9 Å². The Kier molecular flexibility index (Phi) is 3.48. The average Bonchev–Trinajstić information content (AvgIpc) is 2.01. The number of rotatable bonds is 1. The molecule has 0 atom stereocenters. The monoisotopic (exact) mass is 288 g/mol. The highest BCUT2D eigenvalue weighted by Gasteiger charge is 2.00. The first-order valence-electron chi connectivity index (χ1n) is 3.56. The van der Waals surface area contributed by atoms with Crippen LogP contribution in [0.4, 0.5) is 0 Å². The fourth-order valence-electron chi connectivity index (χ4n) is 0.939. The van der Waals surface area contributed by atoms with Gasteiger partial charge in [0.15, 0.2) is 0 Å². The maximum atomic E-state index is 5.22. The predicted octanol–water partition coefficient (Wildman–Crippen LogP) is 3.06. The van der Waals surface area contributed by atoms with Gasteiger partial charge in [-0.15, -0.1) is 25.0 Å². The van der Waals surface area contributed by atoms with Gasteiger partial charge < -0.3 is 0 Å². The summed E-state index contributed by atoms with van der Waals surface area (Å²) in [7, 11) is 0. The van der Waals surface area contributed by atoms with E-state index in [4.69, 9.17) is 6.42 Å². The molecule has 1 aromatic rings. The van der Waals surface area contributed by atoms with Gasteiger partial charge in [-0.3, -0.25) is 0 Å². The second kappa shape index (κ2) is 4.20. The lowest BCUT2D eigenvalue weighted by molar-refractivity contribution is 1.20. The van der Waals surface area contributed by atoms with Crippen LogP contribution in [0.2, 0.25) is 0 Å². The molecule has 0 saturated heterocycles. The van der Waals surface area contributed by atoms with E-state index in [2.05, 4.69) is 54.1 Å². The van der Waals surface area contributed by atoms with Gasteiger partial charge in [-0.25, -0.2) is 0 Å². The SMILES string of the molecule is C#CCc1cc(S)c(C)c(I)c1. The van der Waals surface area contributed by atoms with Crippen molar-refractivity contribution in [1.82, 2.24) is 0 Å². The fraction of sp³-hybridized carbons (Fsp3) is 0.200. The highest BCUT2D eigenvalue weighted by molar-refractivity contribution is 14.1. The molecular formula is C10H9IS. The van der Waals surface area contributed by atoms with Crippen molar-refractivity contribution in [3.05, 3.63) is 26.8 Å². The Morgan fingerprint density at radius 3 is 2.75 bits per heavy atom. The van der Waals surface area contributed by atoms with Crippen molar-refractivity contribution in [2.24, 2.45) is 0 Å². The third kappa shape index (κ3) is 2.18. The largest absolute Gasteiger partial charge is 0.143 e. The molecule has 0 heterocycles. The lowest BCUT2D eigenvalue weighted by Gasteiger charge is -2.04. The van der Waals surface area contributed by atoms with E-state index < -0.39 is 0 Å². The lowest BCUT2D eigenvalue weighted by atomic mass is 10.1. The fourth-order valence-corrected chi connectivity index (χ4v) is 2.13. The second-order valence-electron chi connectivity index (χ2n) is 2.60. The standard InChI is InChI=1S/C10H9IS/c1-3-4-8-5-9(11)7(2)10(12)6-8/h1,5-6,12H,4H2,2H3. The average molecular weight is 288 g/mol. The van der Waals surface area contributed by atoms with Crippen LogP contribution in [0.15, 0.2) is 17.0 Å². The molecule has 0 N–H and O–H groups in total. The molecule has 0 bridgehead atoms. The zero-order valence-electron chi connectivity index (χ0n) is 6.76. The van der Waals surface area contributed by atoms with Crippen LogP contribution >= 0.6 is 35.2 Å². The van der Waals surface area contributed by atoms with E-state index in [0.29, 0.717) is 6.42 Å². The van der Waals surface area contributed by atoms with Crippen LogP contribution in [0.25, 0.3) is 0 Å². The molecule has 1 aromatic carbocycles. The van der Waals surface area contributed by atoms with Crippen LogP contribution in [-0.2, 0) is 6.42 Å². The first-order valence-corrected chi connectivity index (χ1v) is 5.09. The Labute approximate surface area is 92.3 Å². The molecule has 0 aliphatic carbocycles. The van der Waals surface area contributed by atoms with E-state index in [1.807, 2.05) is 6.07 Å². The number of terminal acetylenes is 1. The maximum absolute atomic E-state index is 5.22. The number of thiol groups is 1. The molecule has 62 valence electrons. The van der Waals surface area contributed by atoms with Crippen LogP contribution in [0.5, 0.6) is 0 Å². The third-order valence-corrected chi connectivity index (χ3v) is 3.27. The van der Waals surface area contributed by atoms with Crippen molar-refractivity contribution in [3.63, 3.8) is 0 Å². The van der Waals surface area contributed by atoms with Crippen molar-refractivity contribution in [1.29, 1.82) is 0 Å². The normalized spacial score (nSPS) is 9.50. The molecule has 1 rings (SSSR count). The van der Waals surface area contributed by atoms with E-state index in [0.717, 1.165) is 10.5 Å². The molecule has 0 amide bonds. The van der Waals surface area contributed by atoms with Crippen LogP contribution in [0.1, 0.15) is 11.1 Å². The lowest BCUT2D eigenvalue weighted by Crippen LogP contribution is -1.88. The van der Waals surface area contributed by atoms with Crippen LogP contribution < -0.4 is 0 Å². The molecule has 2 heteroatoms. The highest BCUT2D eigenvalue weighted by atomic mass is 127. The van der Waals surface area contributed by atoms with Crippen molar-refractivity contribution >= 4 is 35.2 Å². The van der Waals surface area contributed by atoms with Crippen molar-refractivity contribution in [3.8, 4) is 12.3 Å². The molecule has 0 radical (unpaired) electrons. The molecule has 0 aliphatic rings. The summed E-state index contributed by atoms with van der Waals surface area (Å²) in [5.41, 5.74) is 2.39. The van der Waals surface area contributed by atoms with E-state index in [9.17, 15) is 0 Å². The van der Waals surface area contributed by atoms with Gasteiger partial charge in [0.1, 0.15) is 0 Å². The number of benzene rings is 1. The summed E-state index contributed by atoms with van der Waals surface area (Å²) in [4.78, 5) is 1.02. The molecular weight excluding hydrogens is 279 g/mol. The minimum absolute atomic E-state index is 0.684. The molecule has 0 nitrogen and oxygen atoms in total. The Bertz CT molecular complexity index is 313. The summed E-state index contributed by atoms with van der Waals surface area (Å²) in [5, 5.41) is 0.